The van der Waals surface area contributed by atoms with E-state index in [-0.39, 0.29) is 19.1 Å². The van der Waals surface area contributed by atoms with Gasteiger partial charge in [-0.1, -0.05) is 340 Å². The predicted octanol–water partition coefficient (Wildman–Crippen LogP) is 22.3. The zero-order chi connectivity index (χ0) is 57.7. The number of amides is 1. The molecule has 0 aliphatic heterocycles. The molecule has 1 amide bonds. The van der Waals surface area contributed by atoms with Crippen LogP contribution in [0.2, 0.25) is 0 Å². The summed E-state index contributed by atoms with van der Waals surface area (Å²) in [4.78, 5) is 23.4. The smallest absolute Gasteiger partial charge is 0.391 e. The number of quaternary nitrogens is 1. The Kier molecular flexibility index (Phi) is 60.7. The van der Waals surface area contributed by atoms with Gasteiger partial charge in [-0.3, -0.25) is 13.8 Å². The van der Waals surface area contributed by atoms with Gasteiger partial charge in [-0.05, 0) is 44.9 Å². The predicted molar refractivity (Wildman–Crippen MR) is 346 cm³/mol. The highest BCUT2D eigenvalue weighted by molar-refractivity contribution is 7.47. The molecule has 0 saturated heterocycles. The number of phosphoric acid groups is 1. The van der Waals surface area contributed by atoms with E-state index < -0.39 is 20.0 Å². The van der Waals surface area contributed by atoms with E-state index in [4.69, 9.17) is 9.05 Å². The van der Waals surface area contributed by atoms with Gasteiger partial charge in [0.25, 0.3) is 0 Å². The Hall–Kier alpha value is -1.02. The molecular formula is C70H140N2O6P+. The Morgan fingerprint density at radius 3 is 1.04 bits per heavy atom. The van der Waals surface area contributed by atoms with E-state index in [0.29, 0.717) is 23.9 Å². The van der Waals surface area contributed by atoms with E-state index in [0.717, 1.165) is 44.9 Å². The highest BCUT2D eigenvalue weighted by Gasteiger charge is 2.28. The van der Waals surface area contributed by atoms with Crippen LogP contribution < -0.4 is 5.32 Å². The number of carbonyl (C=O) groups is 1. The van der Waals surface area contributed by atoms with Crippen LogP contribution in [0.25, 0.3) is 0 Å². The van der Waals surface area contributed by atoms with Crippen molar-refractivity contribution in [3.8, 4) is 0 Å². The number of nitrogens with zero attached hydrogens (tertiary/aromatic N) is 1. The van der Waals surface area contributed by atoms with E-state index in [1.165, 1.54) is 295 Å². The molecule has 0 fully saturated rings. The lowest BCUT2D eigenvalue weighted by molar-refractivity contribution is -0.870. The third-order valence-corrected chi connectivity index (χ3v) is 17.4. The highest BCUT2D eigenvalue weighted by atomic mass is 31.2. The summed E-state index contributed by atoms with van der Waals surface area (Å²) in [6.07, 6.45) is 80.0. The SMILES string of the molecule is CCCCCCC/C=C\C/C=C\CCCCCCCCCCCCCCCCCCCCCCCCCC(=O)NC(COP(=O)(O)OCC[N+](C)(C)C)C(O)CCCCCCCCCCCCCCCCCCCCCCCC. The van der Waals surface area contributed by atoms with Crippen LogP contribution in [0.3, 0.4) is 0 Å². The van der Waals surface area contributed by atoms with E-state index in [2.05, 4.69) is 43.5 Å². The van der Waals surface area contributed by atoms with E-state index in [1.54, 1.807) is 0 Å². The topological polar surface area (TPSA) is 105 Å². The quantitative estimate of drug-likeness (QED) is 0.0243. The lowest BCUT2D eigenvalue weighted by Gasteiger charge is -2.26. The first-order chi connectivity index (χ1) is 38.5. The van der Waals surface area contributed by atoms with Crippen LogP contribution in [0.15, 0.2) is 24.3 Å². The minimum absolute atomic E-state index is 0.0779. The summed E-state index contributed by atoms with van der Waals surface area (Å²) in [6, 6.07) is -0.759. The number of likely N-dealkylation sites (N-methyl/N-ethyl adjacent to an activating group) is 1. The van der Waals surface area contributed by atoms with Crippen molar-refractivity contribution in [3.05, 3.63) is 24.3 Å². The van der Waals surface area contributed by atoms with Gasteiger partial charge in [0.05, 0.1) is 39.9 Å². The second-order valence-electron chi connectivity index (χ2n) is 25.6. The van der Waals surface area contributed by atoms with Crippen molar-refractivity contribution in [2.24, 2.45) is 0 Å². The van der Waals surface area contributed by atoms with Crippen LogP contribution in [0.4, 0.5) is 0 Å². The first-order valence-electron chi connectivity index (χ1n) is 35.2. The third kappa shape index (κ3) is 64.4. The number of nitrogens with one attached hydrogen (secondary N) is 1. The van der Waals surface area contributed by atoms with Crippen molar-refractivity contribution in [2.75, 3.05) is 40.9 Å². The number of aliphatic hydroxyl groups excluding tert-OH is 1. The van der Waals surface area contributed by atoms with E-state index >= 15 is 0 Å². The number of allylic oxidation sites excluding steroid dienone is 4. The normalized spacial score (nSPS) is 13.8. The molecule has 470 valence electrons. The Morgan fingerprint density at radius 2 is 0.722 bits per heavy atom. The standard InChI is InChI=1S/C70H139N2O6P/c1-6-8-10-12-14-16-18-20-22-24-26-28-30-31-32-33-34-35-36-37-38-39-40-41-42-44-46-48-50-52-54-56-58-60-62-64-70(74)71-68(67-78-79(75,76)77-66-65-72(3,4)5)69(73)63-61-59-57-55-53-51-49-47-45-43-29-27-25-23-21-19-17-15-13-11-9-7-2/h18,20,24,26,68-69,73H,6-17,19,21-23,25,27-67H2,1-5H3,(H-,71,74,75,76)/p+1/b20-18-,26-24-. The molecule has 0 aromatic heterocycles. The van der Waals surface area contributed by atoms with Gasteiger partial charge in [-0.25, -0.2) is 4.57 Å². The first kappa shape index (κ1) is 78.0. The molecule has 0 heterocycles. The molecule has 0 aliphatic carbocycles. The summed E-state index contributed by atoms with van der Waals surface area (Å²) in [6.45, 7) is 4.94. The second-order valence-corrected chi connectivity index (χ2v) is 27.1. The number of carbonyl (C=O) groups excluding carboxylic acids is 1. The fourth-order valence-electron chi connectivity index (χ4n) is 11.0. The minimum Gasteiger partial charge on any atom is -0.391 e. The number of hydrogen-bond acceptors (Lipinski definition) is 5. The lowest BCUT2D eigenvalue weighted by Crippen LogP contribution is -2.46. The summed E-state index contributed by atoms with van der Waals surface area (Å²) >= 11 is 0. The maximum Gasteiger partial charge on any atom is 0.472 e. The van der Waals surface area contributed by atoms with Crippen LogP contribution >= 0.6 is 7.82 Å². The fraction of sp³-hybridized carbons (Fsp3) is 0.929. The number of phosphoric ester groups is 1. The van der Waals surface area contributed by atoms with Crippen molar-refractivity contribution < 1.29 is 32.9 Å². The summed E-state index contributed by atoms with van der Waals surface area (Å²) in [5.41, 5.74) is 0. The van der Waals surface area contributed by atoms with Gasteiger partial charge in [0, 0.05) is 6.42 Å². The van der Waals surface area contributed by atoms with Crippen LogP contribution in [0, 0.1) is 0 Å². The Morgan fingerprint density at radius 1 is 0.430 bits per heavy atom. The van der Waals surface area contributed by atoms with Gasteiger partial charge in [0.1, 0.15) is 13.2 Å². The zero-order valence-corrected chi connectivity index (χ0v) is 54.8. The summed E-state index contributed by atoms with van der Waals surface area (Å²) in [5.74, 6) is -0.135. The van der Waals surface area contributed by atoms with Crippen molar-refractivity contribution in [1.29, 1.82) is 0 Å². The summed E-state index contributed by atoms with van der Waals surface area (Å²) < 4.78 is 23.9. The van der Waals surface area contributed by atoms with Gasteiger partial charge in [-0.2, -0.15) is 0 Å². The van der Waals surface area contributed by atoms with Crippen molar-refractivity contribution in [3.63, 3.8) is 0 Å². The molecule has 79 heavy (non-hydrogen) atoms. The molecule has 3 N–H and O–H groups in total. The van der Waals surface area contributed by atoms with Gasteiger partial charge in [0.2, 0.25) is 5.91 Å². The zero-order valence-electron chi connectivity index (χ0n) is 53.9. The molecule has 0 aromatic carbocycles. The highest BCUT2D eigenvalue weighted by Crippen LogP contribution is 2.43. The molecule has 0 aliphatic rings. The number of hydrogen-bond donors (Lipinski definition) is 3. The molecular weight excluding hydrogens is 996 g/mol. The summed E-state index contributed by atoms with van der Waals surface area (Å²) in [5, 5.41) is 14.1. The molecule has 0 aromatic rings. The average molecular weight is 1140 g/mol. The second kappa shape index (κ2) is 61.5. The minimum atomic E-state index is -4.33. The van der Waals surface area contributed by atoms with Crippen LogP contribution in [0.5, 0.6) is 0 Å². The molecule has 0 rings (SSSR count). The van der Waals surface area contributed by atoms with E-state index in [9.17, 15) is 19.4 Å². The largest absolute Gasteiger partial charge is 0.472 e. The van der Waals surface area contributed by atoms with E-state index in [1.807, 2.05) is 21.1 Å². The van der Waals surface area contributed by atoms with Crippen LogP contribution in [0.1, 0.15) is 367 Å². The molecule has 9 heteroatoms. The fourth-order valence-corrected chi connectivity index (χ4v) is 11.7. The maximum absolute atomic E-state index is 13.1. The number of rotatable bonds is 66. The Balaban J connectivity index is 3.95. The molecule has 0 saturated carbocycles. The Labute approximate surface area is 494 Å². The van der Waals surface area contributed by atoms with Crippen LogP contribution in [-0.2, 0) is 18.4 Å². The third-order valence-electron chi connectivity index (χ3n) is 16.5. The first-order valence-corrected chi connectivity index (χ1v) is 36.7. The molecule has 3 atom stereocenters. The molecule has 0 radical (unpaired) electrons. The molecule has 0 spiro atoms. The number of aliphatic hydroxyl groups is 1. The molecule has 3 unspecified atom stereocenters. The van der Waals surface area contributed by atoms with Gasteiger partial charge in [0.15, 0.2) is 0 Å². The van der Waals surface area contributed by atoms with Crippen molar-refractivity contribution in [1.82, 2.24) is 5.32 Å². The monoisotopic (exact) mass is 1140 g/mol. The van der Waals surface area contributed by atoms with Crippen LogP contribution in [-0.4, -0.2) is 73.4 Å². The van der Waals surface area contributed by atoms with Gasteiger partial charge < -0.3 is 19.8 Å². The molecule has 0 bridgehead atoms. The number of unbranched alkanes of at least 4 members (excludes halogenated alkanes) is 49. The van der Waals surface area contributed by atoms with Crippen molar-refractivity contribution in [2.45, 2.75) is 379 Å². The van der Waals surface area contributed by atoms with Crippen molar-refractivity contribution >= 4 is 13.7 Å². The average Bonchev–Trinajstić information content (AvgIpc) is 3.42. The summed E-state index contributed by atoms with van der Waals surface area (Å²) in [7, 11) is 1.64. The maximum atomic E-state index is 13.1. The van der Waals surface area contributed by atoms with Gasteiger partial charge in [-0.15, -0.1) is 0 Å². The lowest BCUT2D eigenvalue weighted by atomic mass is 10.0. The van der Waals surface area contributed by atoms with Gasteiger partial charge >= 0.3 is 7.82 Å². The molecule has 8 nitrogen and oxygen atoms in total. The Bertz CT molecular complexity index is 1340.